The maximum atomic E-state index is 11.6. The van der Waals surface area contributed by atoms with E-state index in [4.69, 9.17) is 6.57 Å². The molecule has 0 aliphatic carbocycles. The van der Waals surface area contributed by atoms with E-state index in [9.17, 15) is 4.79 Å². The predicted molar refractivity (Wildman–Crippen MR) is 76.2 cm³/mol. The summed E-state index contributed by atoms with van der Waals surface area (Å²) >= 11 is 0. The standard InChI is InChI=1S/C15H11N3O2/c1-16-13(15(19)20-2)14-17-10-7-3-5-9-6-4-8-11(18-14)12(9)10/h3-8,17-18H,2H3. The first-order valence-corrected chi connectivity index (χ1v) is 6.00. The van der Waals surface area contributed by atoms with E-state index in [1.165, 1.54) is 7.11 Å². The van der Waals surface area contributed by atoms with Crippen LogP contribution in [0.3, 0.4) is 0 Å². The van der Waals surface area contributed by atoms with Gasteiger partial charge in [-0.25, -0.2) is 4.85 Å². The molecule has 0 bridgehead atoms. The van der Waals surface area contributed by atoms with Gasteiger partial charge < -0.3 is 14.7 Å². The summed E-state index contributed by atoms with van der Waals surface area (Å²) in [6.45, 7) is 7.15. The Morgan fingerprint density at radius 1 is 1.15 bits per heavy atom. The Kier molecular flexibility index (Phi) is 2.77. The second-order valence-corrected chi connectivity index (χ2v) is 4.29. The number of hydrogen-bond acceptors (Lipinski definition) is 2. The van der Waals surface area contributed by atoms with E-state index in [-0.39, 0.29) is 5.70 Å². The average Bonchev–Trinajstić information content (AvgIpc) is 2.48. The van der Waals surface area contributed by atoms with E-state index in [1.54, 1.807) is 0 Å². The van der Waals surface area contributed by atoms with Crippen LogP contribution in [0.25, 0.3) is 32.3 Å². The van der Waals surface area contributed by atoms with Gasteiger partial charge in [0.25, 0.3) is 0 Å². The summed E-state index contributed by atoms with van der Waals surface area (Å²) in [5, 5.41) is 2.12. The van der Waals surface area contributed by atoms with Crippen LogP contribution in [0.1, 0.15) is 0 Å². The summed E-state index contributed by atoms with van der Waals surface area (Å²) in [4.78, 5) is 21.0. The number of nitrogens with zero attached hydrogens (tertiary/aromatic N) is 1. The van der Waals surface area contributed by atoms with Crippen LogP contribution in [0.4, 0.5) is 0 Å². The Labute approximate surface area is 114 Å². The van der Waals surface area contributed by atoms with Crippen molar-refractivity contribution in [2.45, 2.75) is 0 Å². The first kappa shape index (κ1) is 12.1. The number of aromatic nitrogens is 2. The Morgan fingerprint density at radius 2 is 1.75 bits per heavy atom. The van der Waals surface area contributed by atoms with Gasteiger partial charge in [-0.3, -0.25) is 4.79 Å². The van der Waals surface area contributed by atoms with Gasteiger partial charge in [-0.2, -0.15) is 0 Å². The van der Waals surface area contributed by atoms with Gasteiger partial charge in [0, 0.05) is 16.4 Å². The highest BCUT2D eigenvalue weighted by molar-refractivity contribution is 6.12. The van der Waals surface area contributed by atoms with Crippen LogP contribution in [-0.4, -0.2) is 23.0 Å². The molecule has 0 unspecified atom stereocenters. The lowest BCUT2D eigenvalue weighted by Crippen LogP contribution is -2.20. The SMILES string of the molecule is [C-]#[N+]C(C(=O)OC)=c1[nH]c2cccc3cccc([nH]1)c32. The minimum atomic E-state index is -0.665. The molecule has 3 rings (SSSR count). The number of hydrogen-bond donors (Lipinski definition) is 2. The van der Waals surface area contributed by atoms with E-state index in [2.05, 4.69) is 19.5 Å². The van der Waals surface area contributed by atoms with Crippen LogP contribution < -0.4 is 5.48 Å². The molecule has 0 aliphatic rings. The van der Waals surface area contributed by atoms with Crippen molar-refractivity contribution >= 4 is 33.5 Å². The van der Waals surface area contributed by atoms with Gasteiger partial charge in [-0.1, -0.05) is 24.3 Å². The number of esters is 1. The Morgan fingerprint density at radius 3 is 2.25 bits per heavy atom. The molecule has 0 spiro atoms. The van der Waals surface area contributed by atoms with Gasteiger partial charge in [0.05, 0.1) is 13.7 Å². The van der Waals surface area contributed by atoms with Gasteiger partial charge in [0.15, 0.2) is 0 Å². The summed E-state index contributed by atoms with van der Waals surface area (Å²) < 4.78 is 4.63. The molecule has 98 valence electrons. The van der Waals surface area contributed by atoms with Gasteiger partial charge >= 0.3 is 11.7 Å². The van der Waals surface area contributed by atoms with Crippen molar-refractivity contribution in [2.24, 2.45) is 0 Å². The topological polar surface area (TPSA) is 62.2 Å². The summed E-state index contributed by atoms with van der Waals surface area (Å²) in [7, 11) is 1.26. The van der Waals surface area contributed by atoms with E-state index in [0.29, 0.717) is 5.48 Å². The fourth-order valence-electron chi connectivity index (χ4n) is 2.27. The lowest BCUT2D eigenvalue weighted by atomic mass is 10.1. The molecule has 5 nitrogen and oxygen atoms in total. The fraction of sp³-hybridized carbons (Fsp3) is 0.0667. The van der Waals surface area contributed by atoms with Crippen molar-refractivity contribution < 1.29 is 9.53 Å². The van der Waals surface area contributed by atoms with Crippen molar-refractivity contribution in [3.63, 3.8) is 0 Å². The molecule has 0 saturated carbocycles. The third kappa shape index (κ3) is 1.75. The van der Waals surface area contributed by atoms with Gasteiger partial charge in [0.1, 0.15) is 5.48 Å². The van der Waals surface area contributed by atoms with E-state index in [0.717, 1.165) is 21.8 Å². The maximum absolute atomic E-state index is 11.6. The Hall–Kier alpha value is -3.00. The average molecular weight is 265 g/mol. The smallest absolute Gasteiger partial charge is 0.339 e. The maximum Gasteiger partial charge on any atom is 0.339 e. The number of methoxy groups -OCH3 is 1. The molecule has 1 aromatic heterocycles. The zero-order valence-electron chi connectivity index (χ0n) is 10.7. The Bertz CT molecular complexity index is 874. The first-order chi connectivity index (χ1) is 9.74. The molecule has 0 fully saturated rings. The van der Waals surface area contributed by atoms with Crippen LogP contribution in [0.15, 0.2) is 36.4 Å². The molecular formula is C15H11N3O2. The summed E-state index contributed by atoms with van der Waals surface area (Å²) in [6, 6.07) is 11.7. The second kappa shape index (κ2) is 4.59. The van der Waals surface area contributed by atoms with Gasteiger partial charge in [0.2, 0.25) is 0 Å². The molecule has 3 aromatic rings. The number of aromatic amines is 2. The highest BCUT2D eigenvalue weighted by Gasteiger charge is 2.12. The molecule has 5 heteroatoms. The number of carbonyl (C=O) groups excluding carboxylic acids is 1. The third-order valence-electron chi connectivity index (χ3n) is 3.15. The Balaban J connectivity index is 2.49. The van der Waals surface area contributed by atoms with Crippen molar-refractivity contribution in [2.75, 3.05) is 7.11 Å². The number of nitrogens with one attached hydrogen (secondary N) is 2. The van der Waals surface area contributed by atoms with Crippen molar-refractivity contribution in [1.29, 1.82) is 0 Å². The number of benzene rings is 2. The zero-order valence-corrected chi connectivity index (χ0v) is 10.7. The van der Waals surface area contributed by atoms with Crippen LogP contribution in [0, 0.1) is 6.57 Å². The normalized spacial score (nSPS) is 10.4. The summed E-state index contributed by atoms with van der Waals surface area (Å²) in [6.07, 6.45) is 0. The van der Waals surface area contributed by atoms with Gasteiger partial charge in [-0.15, -0.1) is 0 Å². The van der Waals surface area contributed by atoms with Crippen molar-refractivity contribution in [3.8, 4) is 0 Å². The second-order valence-electron chi connectivity index (χ2n) is 4.29. The molecule has 0 atom stereocenters. The summed E-state index contributed by atoms with van der Waals surface area (Å²) in [5.74, 6) is -0.665. The van der Waals surface area contributed by atoms with Crippen LogP contribution in [0.5, 0.6) is 0 Å². The lowest BCUT2D eigenvalue weighted by Gasteiger charge is -2.07. The molecule has 0 radical (unpaired) electrons. The highest BCUT2D eigenvalue weighted by Crippen LogP contribution is 2.22. The molecule has 2 aromatic carbocycles. The minimum absolute atomic E-state index is 0.0981. The predicted octanol–water partition coefficient (Wildman–Crippen LogP) is 2.13. The number of H-pyrrole nitrogens is 2. The molecule has 0 saturated heterocycles. The van der Waals surface area contributed by atoms with E-state index >= 15 is 0 Å². The number of rotatable bonds is 1. The van der Waals surface area contributed by atoms with Crippen LogP contribution >= 0.6 is 0 Å². The van der Waals surface area contributed by atoms with E-state index < -0.39 is 5.97 Å². The quantitative estimate of drug-likeness (QED) is 0.523. The zero-order chi connectivity index (χ0) is 14.1. The molecule has 20 heavy (non-hydrogen) atoms. The fourth-order valence-corrected chi connectivity index (χ4v) is 2.27. The number of ether oxygens (including phenoxy) is 1. The third-order valence-corrected chi connectivity index (χ3v) is 3.15. The van der Waals surface area contributed by atoms with Crippen LogP contribution in [0.2, 0.25) is 0 Å². The monoisotopic (exact) mass is 265 g/mol. The minimum Gasteiger partial charge on any atom is -0.474 e. The number of carbonyl (C=O) groups is 1. The van der Waals surface area contributed by atoms with Crippen molar-refractivity contribution in [1.82, 2.24) is 9.97 Å². The molecule has 0 aliphatic heterocycles. The van der Waals surface area contributed by atoms with Crippen LogP contribution in [-0.2, 0) is 9.53 Å². The first-order valence-electron chi connectivity index (χ1n) is 6.00. The highest BCUT2D eigenvalue weighted by atomic mass is 16.5. The van der Waals surface area contributed by atoms with Gasteiger partial charge in [-0.05, 0) is 17.5 Å². The molecule has 1 heterocycles. The molecule has 2 N–H and O–H groups in total. The largest absolute Gasteiger partial charge is 0.474 e. The molecular weight excluding hydrogens is 254 g/mol. The lowest BCUT2D eigenvalue weighted by molar-refractivity contribution is -0.133. The van der Waals surface area contributed by atoms with E-state index in [1.807, 2.05) is 36.4 Å². The summed E-state index contributed by atoms with van der Waals surface area (Å²) in [5.41, 5.74) is 1.96. The molecule has 0 amide bonds. The van der Waals surface area contributed by atoms with Crippen molar-refractivity contribution in [3.05, 3.63) is 53.3 Å².